The summed E-state index contributed by atoms with van der Waals surface area (Å²) >= 11 is 1.65. The van der Waals surface area contributed by atoms with Gasteiger partial charge in [-0.25, -0.2) is 4.79 Å². The summed E-state index contributed by atoms with van der Waals surface area (Å²) in [4.78, 5) is 27.2. The first-order valence-corrected chi connectivity index (χ1v) is 7.46. The predicted octanol–water partition coefficient (Wildman–Crippen LogP) is -0.450. The van der Waals surface area contributed by atoms with Crippen LogP contribution in [-0.2, 0) is 4.79 Å². The first kappa shape index (κ1) is 15.1. The second kappa shape index (κ2) is 7.48. The molecule has 3 N–H and O–H groups in total. The Labute approximate surface area is 112 Å². The molecular formula is C11H22N4O2S. The summed E-state index contributed by atoms with van der Waals surface area (Å²) in [6, 6.07) is -1.12. The molecule has 0 saturated carbocycles. The first-order chi connectivity index (χ1) is 8.54. The summed E-state index contributed by atoms with van der Waals surface area (Å²) in [6.45, 7) is 3.17. The lowest BCUT2D eigenvalue weighted by Gasteiger charge is -2.34. The quantitative estimate of drug-likeness (QED) is 0.712. The van der Waals surface area contributed by atoms with Crippen molar-refractivity contribution in [2.45, 2.75) is 12.5 Å². The van der Waals surface area contributed by atoms with Crippen LogP contribution in [0.25, 0.3) is 0 Å². The van der Waals surface area contributed by atoms with E-state index in [1.165, 1.54) is 0 Å². The number of likely N-dealkylation sites (N-methyl/N-ethyl adjacent to an activating group) is 1. The molecule has 1 heterocycles. The molecule has 0 radical (unpaired) electrons. The largest absolute Gasteiger partial charge is 0.352 e. The number of carbonyl (C=O) groups is 2. The van der Waals surface area contributed by atoms with Crippen LogP contribution in [0.3, 0.4) is 0 Å². The van der Waals surface area contributed by atoms with Crippen molar-refractivity contribution in [3.05, 3.63) is 0 Å². The molecule has 6 nitrogen and oxygen atoms in total. The van der Waals surface area contributed by atoms with Gasteiger partial charge in [-0.05, 0) is 25.5 Å². The lowest BCUT2D eigenvalue weighted by molar-refractivity contribution is -0.134. The molecule has 0 aliphatic carbocycles. The van der Waals surface area contributed by atoms with Gasteiger partial charge < -0.3 is 20.9 Å². The van der Waals surface area contributed by atoms with Crippen molar-refractivity contribution in [1.29, 1.82) is 0 Å². The highest BCUT2D eigenvalue weighted by Crippen LogP contribution is 2.07. The van der Waals surface area contributed by atoms with Crippen LogP contribution in [0, 0.1) is 0 Å². The molecule has 1 saturated heterocycles. The van der Waals surface area contributed by atoms with Crippen LogP contribution in [0.2, 0.25) is 0 Å². The van der Waals surface area contributed by atoms with Crippen molar-refractivity contribution in [3.63, 3.8) is 0 Å². The van der Waals surface area contributed by atoms with E-state index in [-0.39, 0.29) is 5.91 Å². The van der Waals surface area contributed by atoms with Crippen molar-refractivity contribution in [3.8, 4) is 0 Å². The zero-order valence-electron chi connectivity index (χ0n) is 11.0. The van der Waals surface area contributed by atoms with E-state index in [0.29, 0.717) is 19.5 Å². The minimum atomic E-state index is -0.636. The van der Waals surface area contributed by atoms with Gasteiger partial charge in [0.2, 0.25) is 5.91 Å². The molecule has 0 aromatic heterocycles. The molecule has 18 heavy (non-hydrogen) atoms. The van der Waals surface area contributed by atoms with Crippen LogP contribution < -0.4 is 11.1 Å². The molecule has 1 aliphatic heterocycles. The molecule has 1 rings (SSSR count). The molecule has 1 atom stereocenters. The monoisotopic (exact) mass is 274 g/mol. The van der Waals surface area contributed by atoms with Gasteiger partial charge in [-0.1, -0.05) is 0 Å². The van der Waals surface area contributed by atoms with E-state index in [4.69, 9.17) is 5.73 Å². The van der Waals surface area contributed by atoms with Gasteiger partial charge in [0, 0.05) is 26.2 Å². The van der Waals surface area contributed by atoms with Crippen LogP contribution in [-0.4, -0.2) is 73.0 Å². The maximum atomic E-state index is 12.3. The van der Waals surface area contributed by atoms with Gasteiger partial charge in [0.1, 0.15) is 6.04 Å². The predicted molar refractivity (Wildman–Crippen MR) is 73.6 cm³/mol. The molecule has 0 spiro atoms. The third-order valence-corrected chi connectivity index (χ3v) is 3.68. The van der Waals surface area contributed by atoms with E-state index in [2.05, 4.69) is 10.2 Å². The minimum Gasteiger partial charge on any atom is -0.352 e. The van der Waals surface area contributed by atoms with Crippen molar-refractivity contribution in [2.75, 3.05) is 45.2 Å². The fourth-order valence-corrected chi connectivity index (χ4v) is 2.38. The summed E-state index contributed by atoms with van der Waals surface area (Å²) in [5.74, 6) is 0.806. The Bertz CT molecular complexity index is 293. The molecule has 1 aliphatic rings. The Morgan fingerprint density at radius 1 is 1.33 bits per heavy atom. The highest BCUT2D eigenvalue weighted by Gasteiger charge is 2.26. The molecule has 0 aromatic carbocycles. The van der Waals surface area contributed by atoms with Crippen molar-refractivity contribution >= 4 is 23.7 Å². The van der Waals surface area contributed by atoms with E-state index in [1.54, 1.807) is 16.7 Å². The average molecular weight is 274 g/mol. The Morgan fingerprint density at radius 3 is 2.44 bits per heavy atom. The van der Waals surface area contributed by atoms with Gasteiger partial charge >= 0.3 is 6.03 Å². The maximum Gasteiger partial charge on any atom is 0.312 e. The standard InChI is InChI=1S/C11H22N4O2S/c1-14-4-6-15(7-5-14)10(16)9(3-8-18-2)13-11(12)17/h9H,3-8H2,1-2H3,(H3,12,13,17)/t9-/m1/s1. The number of carbonyl (C=O) groups excluding carboxylic acids is 2. The molecular weight excluding hydrogens is 252 g/mol. The SMILES string of the molecule is CSCC[C@@H](NC(N)=O)C(=O)N1CCN(C)CC1. The first-order valence-electron chi connectivity index (χ1n) is 6.07. The molecule has 0 aromatic rings. The highest BCUT2D eigenvalue weighted by molar-refractivity contribution is 7.98. The Hall–Kier alpha value is -0.950. The van der Waals surface area contributed by atoms with Gasteiger partial charge in [-0.15, -0.1) is 0 Å². The summed E-state index contributed by atoms with van der Waals surface area (Å²) in [6.07, 6.45) is 2.59. The van der Waals surface area contributed by atoms with E-state index < -0.39 is 12.1 Å². The zero-order chi connectivity index (χ0) is 13.5. The summed E-state index contributed by atoms with van der Waals surface area (Å²) in [5.41, 5.74) is 5.12. The number of hydrogen-bond acceptors (Lipinski definition) is 4. The van der Waals surface area contributed by atoms with E-state index in [1.807, 2.05) is 13.3 Å². The normalized spacial score (nSPS) is 18.4. The third kappa shape index (κ3) is 4.73. The fraction of sp³-hybridized carbons (Fsp3) is 0.818. The minimum absolute atomic E-state index is 0.0176. The second-order valence-corrected chi connectivity index (χ2v) is 5.46. The number of piperazine rings is 1. The highest BCUT2D eigenvalue weighted by atomic mass is 32.2. The number of rotatable bonds is 5. The van der Waals surface area contributed by atoms with Crippen LogP contribution in [0.5, 0.6) is 0 Å². The lowest BCUT2D eigenvalue weighted by Crippen LogP contribution is -2.55. The number of thioether (sulfide) groups is 1. The Morgan fingerprint density at radius 2 is 1.94 bits per heavy atom. The number of nitrogens with zero attached hydrogens (tertiary/aromatic N) is 2. The van der Waals surface area contributed by atoms with E-state index in [0.717, 1.165) is 18.8 Å². The number of primary amides is 1. The van der Waals surface area contributed by atoms with E-state index in [9.17, 15) is 9.59 Å². The fourth-order valence-electron chi connectivity index (χ4n) is 1.91. The van der Waals surface area contributed by atoms with Crippen molar-refractivity contribution in [1.82, 2.24) is 15.1 Å². The van der Waals surface area contributed by atoms with Crippen LogP contribution in [0.15, 0.2) is 0 Å². The van der Waals surface area contributed by atoms with Crippen molar-refractivity contribution in [2.24, 2.45) is 5.73 Å². The van der Waals surface area contributed by atoms with Gasteiger partial charge in [0.05, 0.1) is 0 Å². The average Bonchev–Trinajstić information content (AvgIpc) is 2.34. The van der Waals surface area contributed by atoms with Crippen molar-refractivity contribution < 1.29 is 9.59 Å². The Kier molecular flexibility index (Phi) is 6.28. The number of urea groups is 1. The summed E-state index contributed by atoms with van der Waals surface area (Å²) in [5, 5.41) is 2.54. The number of amides is 3. The number of nitrogens with two attached hydrogens (primary N) is 1. The molecule has 0 unspecified atom stereocenters. The van der Waals surface area contributed by atoms with Crippen LogP contribution in [0.1, 0.15) is 6.42 Å². The molecule has 0 bridgehead atoms. The zero-order valence-corrected chi connectivity index (χ0v) is 11.8. The van der Waals surface area contributed by atoms with Gasteiger partial charge in [0.15, 0.2) is 0 Å². The number of hydrogen-bond donors (Lipinski definition) is 2. The number of nitrogens with one attached hydrogen (secondary N) is 1. The third-order valence-electron chi connectivity index (χ3n) is 3.04. The molecule has 104 valence electrons. The van der Waals surface area contributed by atoms with Gasteiger partial charge in [-0.2, -0.15) is 11.8 Å². The maximum absolute atomic E-state index is 12.3. The van der Waals surface area contributed by atoms with Gasteiger partial charge in [0.25, 0.3) is 0 Å². The summed E-state index contributed by atoms with van der Waals surface area (Å²) < 4.78 is 0. The van der Waals surface area contributed by atoms with Crippen LogP contribution >= 0.6 is 11.8 Å². The molecule has 1 fully saturated rings. The van der Waals surface area contributed by atoms with Gasteiger partial charge in [-0.3, -0.25) is 4.79 Å². The molecule has 3 amide bonds. The summed E-state index contributed by atoms with van der Waals surface area (Å²) in [7, 11) is 2.04. The smallest absolute Gasteiger partial charge is 0.312 e. The molecule has 7 heteroatoms. The topological polar surface area (TPSA) is 78.7 Å². The Balaban J connectivity index is 2.54. The van der Waals surface area contributed by atoms with Crippen LogP contribution in [0.4, 0.5) is 4.79 Å². The lowest BCUT2D eigenvalue weighted by atomic mass is 10.2. The second-order valence-electron chi connectivity index (χ2n) is 4.47. The van der Waals surface area contributed by atoms with E-state index >= 15 is 0 Å².